The summed E-state index contributed by atoms with van der Waals surface area (Å²) in [5, 5.41) is 16.3. The predicted molar refractivity (Wildman–Crippen MR) is 167 cm³/mol. The zero-order valence-electron chi connectivity index (χ0n) is 23.4. The van der Waals surface area contributed by atoms with Gasteiger partial charge in [-0.1, -0.05) is 71.7 Å². The van der Waals surface area contributed by atoms with Crippen LogP contribution in [0, 0.1) is 22.0 Å². The number of imide groups is 1. The lowest BCUT2D eigenvalue weighted by Gasteiger charge is -2.52. The molecule has 1 aliphatic heterocycles. The van der Waals surface area contributed by atoms with Crippen LogP contribution in [0.15, 0.2) is 90.0 Å². The minimum Gasteiger partial charge on any atom is -0.494 e. The monoisotopic (exact) mass is 640 g/mol. The molecule has 2 bridgehead atoms. The Balaban J connectivity index is 1.39. The molecular formula is C33H22Cl2N4O6. The number of hydrogen-bond acceptors (Lipinski definition) is 7. The van der Waals surface area contributed by atoms with Crippen LogP contribution in [0.2, 0.25) is 10.0 Å². The molecule has 0 aromatic heterocycles. The first-order valence-electron chi connectivity index (χ1n) is 13.9. The second-order valence-corrected chi connectivity index (χ2v) is 11.8. The van der Waals surface area contributed by atoms with Gasteiger partial charge in [0, 0.05) is 23.2 Å². The highest BCUT2D eigenvalue weighted by Crippen LogP contribution is 2.64. The lowest BCUT2D eigenvalue weighted by Crippen LogP contribution is -2.54. The van der Waals surface area contributed by atoms with Crippen molar-refractivity contribution in [3.8, 4) is 5.75 Å². The molecule has 0 unspecified atom stereocenters. The summed E-state index contributed by atoms with van der Waals surface area (Å²) in [4.78, 5) is 54.0. The van der Waals surface area contributed by atoms with Crippen LogP contribution in [-0.2, 0) is 15.0 Å². The molecule has 1 N–H and O–H groups in total. The van der Waals surface area contributed by atoms with Crippen molar-refractivity contribution in [1.82, 2.24) is 5.43 Å². The molecule has 1 saturated heterocycles. The molecule has 12 heteroatoms. The first-order valence-corrected chi connectivity index (χ1v) is 14.6. The molecule has 4 aromatic rings. The molecule has 0 saturated carbocycles. The van der Waals surface area contributed by atoms with Gasteiger partial charge in [0.05, 0.1) is 51.6 Å². The number of nitrogens with zero attached hydrogens (tertiary/aromatic N) is 3. The summed E-state index contributed by atoms with van der Waals surface area (Å²) in [7, 11) is 1.32. The zero-order valence-corrected chi connectivity index (χ0v) is 25.0. The average Bonchev–Trinajstić information content (AvgIpc) is 3.31. The Bertz CT molecular complexity index is 1950. The van der Waals surface area contributed by atoms with E-state index in [0.29, 0.717) is 5.02 Å². The van der Waals surface area contributed by atoms with Gasteiger partial charge in [-0.25, -0.2) is 10.3 Å². The number of rotatable bonds is 6. The Morgan fingerprint density at radius 2 is 1.64 bits per heavy atom. The smallest absolute Gasteiger partial charge is 0.273 e. The molecule has 45 heavy (non-hydrogen) atoms. The SMILES string of the molecule is COc1cc([N+](=O)[O-])ccc1N1C(=O)[C@@H]2[C@@H](C1=O)C1c3ccccc3C2(/C=N\NC(=O)c2ccc(Cl)cc2Cl)c2ccccc21. The van der Waals surface area contributed by atoms with Crippen molar-refractivity contribution in [2.45, 2.75) is 11.3 Å². The van der Waals surface area contributed by atoms with Crippen molar-refractivity contribution in [2.75, 3.05) is 12.0 Å². The molecule has 1 fully saturated rings. The third-order valence-corrected chi connectivity index (χ3v) is 9.46. The quantitative estimate of drug-likeness (QED) is 0.121. The molecule has 3 aliphatic carbocycles. The summed E-state index contributed by atoms with van der Waals surface area (Å²) in [5.74, 6) is -3.74. The first kappa shape index (κ1) is 28.7. The van der Waals surface area contributed by atoms with E-state index in [4.69, 9.17) is 27.9 Å². The van der Waals surface area contributed by atoms with E-state index < -0.39 is 45.8 Å². The fraction of sp³-hybridized carbons (Fsp3) is 0.152. The fourth-order valence-corrected chi connectivity index (χ4v) is 7.67. The van der Waals surface area contributed by atoms with E-state index in [0.717, 1.165) is 27.2 Å². The summed E-state index contributed by atoms with van der Waals surface area (Å²) >= 11 is 12.2. The van der Waals surface area contributed by atoms with Crippen LogP contribution in [0.4, 0.5) is 11.4 Å². The lowest BCUT2D eigenvalue weighted by molar-refractivity contribution is -0.384. The number of anilines is 1. The third-order valence-electron chi connectivity index (χ3n) is 8.91. The summed E-state index contributed by atoms with van der Waals surface area (Å²) in [6.45, 7) is 0. The number of carbonyl (C=O) groups excluding carboxylic acids is 3. The Morgan fingerprint density at radius 1 is 0.978 bits per heavy atom. The number of halogens is 2. The van der Waals surface area contributed by atoms with Crippen LogP contribution < -0.4 is 15.1 Å². The zero-order chi connectivity index (χ0) is 31.6. The molecular weight excluding hydrogens is 619 g/mol. The highest BCUT2D eigenvalue weighted by atomic mass is 35.5. The van der Waals surface area contributed by atoms with E-state index in [1.165, 1.54) is 49.7 Å². The van der Waals surface area contributed by atoms with Gasteiger partial charge in [-0.3, -0.25) is 24.5 Å². The van der Waals surface area contributed by atoms with Gasteiger partial charge in [0.2, 0.25) is 11.8 Å². The van der Waals surface area contributed by atoms with E-state index >= 15 is 0 Å². The topological polar surface area (TPSA) is 131 Å². The van der Waals surface area contributed by atoms with E-state index in [9.17, 15) is 24.5 Å². The van der Waals surface area contributed by atoms with Crippen LogP contribution in [0.5, 0.6) is 5.75 Å². The largest absolute Gasteiger partial charge is 0.494 e. The number of nitrogens with one attached hydrogen (secondary N) is 1. The maximum Gasteiger partial charge on any atom is 0.273 e. The summed E-state index contributed by atoms with van der Waals surface area (Å²) in [6.07, 6.45) is 1.53. The number of carbonyl (C=O) groups is 3. The predicted octanol–water partition coefficient (Wildman–Crippen LogP) is 5.88. The third kappa shape index (κ3) is 4.09. The van der Waals surface area contributed by atoms with Crippen LogP contribution in [0.1, 0.15) is 38.5 Å². The van der Waals surface area contributed by atoms with Gasteiger partial charge in [-0.05, 0) is 46.5 Å². The first-order chi connectivity index (χ1) is 21.7. The van der Waals surface area contributed by atoms with Crippen molar-refractivity contribution in [3.63, 3.8) is 0 Å². The van der Waals surface area contributed by atoms with Crippen LogP contribution in [0.3, 0.4) is 0 Å². The average molecular weight is 641 g/mol. The summed E-state index contributed by atoms with van der Waals surface area (Å²) in [5.41, 5.74) is 4.63. The van der Waals surface area contributed by atoms with Crippen LogP contribution >= 0.6 is 23.2 Å². The maximum absolute atomic E-state index is 14.6. The van der Waals surface area contributed by atoms with Crippen molar-refractivity contribution in [3.05, 3.63) is 133 Å². The molecule has 4 aliphatic rings. The maximum atomic E-state index is 14.6. The van der Waals surface area contributed by atoms with Crippen molar-refractivity contribution >= 4 is 58.5 Å². The number of nitro benzene ring substituents is 1. The standard InChI is InChI=1S/C33H22Cl2N4O6/c1-45-26-15-18(39(43)44)11-13-25(26)38-31(41)28-27-19-6-2-4-8-22(19)33(29(28)32(38)42,23-9-5-3-7-20(23)27)16-36-37-30(40)21-12-10-17(34)14-24(21)35/h2-16,27-29H,1H3,(H,37,40)/b36-16-/t27?,28-,29-,33?/m0/s1. The van der Waals surface area contributed by atoms with E-state index in [-0.39, 0.29) is 27.7 Å². The molecule has 224 valence electrons. The molecule has 3 amide bonds. The lowest BCUT2D eigenvalue weighted by atomic mass is 9.47. The number of methoxy groups -OCH3 is 1. The Labute approximate surface area is 266 Å². The van der Waals surface area contributed by atoms with E-state index in [1.54, 1.807) is 0 Å². The highest BCUT2D eigenvalue weighted by molar-refractivity contribution is 6.36. The van der Waals surface area contributed by atoms with Gasteiger partial charge in [0.15, 0.2) is 0 Å². The van der Waals surface area contributed by atoms with Gasteiger partial charge in [-0.15, -0.1) is 0 Å². The molecule has 4 aromatic carbocycles. The fourth-order valence-electron chi connectivity index (χ4n) is 7.18. The van der Waals surface area contributed by atoms with Crippen molar-refractivity contribution in [1.29, 1.82) is 0 Å². The molecule has 10 nitrogen and oxygen atoms in total. The van der Waals surface area contributed by atoms with E-state index in [2.05, 4.69) is 10.5 Å². The number of hydrogen-bond donors (Lipinski definition) is 1. The van der Waals surface area contributed by atoms with Crippen molar-refractivity contribution < 1.29 is 24.0 Å². The molecule has 0 radical (unpaired) electrons. The molecule has 8 rings (SSSR count). The minimum atomic E-state index is -1.25. The highest BCUT2D eigenvalue weighted by Gasteiger charge is 2.68. The summed E-state index contributed by atoms with van der Waals surface area (Å²) < 4.78 is 5.42. The second kappa shape index (κ2) is 10.5. The Kier molecular flexibility index (Phi) is 6.72. The Hall–Kier alpha value is -5.06. The number of benzene rings is 4. The second-order valence-electron chi connectivity index (χ2n) is 11.0. The van der Waals surface area contributed by atoms with Crippen LogP contribution in [-0.4, -0.2) is 36.0 Å². The van der Waals surface area contributed by atoms with E-state index in [1.807, 2.05) is 48.5 Å². The van der Waals surface area contributed by atoms with Crippen molar-refractivity contribution in [2.24, 2.45) is 16.9 Å². The van der Waals surface area contributed by atoms with Gasteiger partial charge in [0.25, 0.3) is 11.6 Å². The van der Waals surface area contributed by atoms with Gasteiger partial charge < -0.3 is 4.74 Å². The Morgan fingerprint density at radius 3 is 2.27 bits per heavy atom. The summed E-state index contributed by atoms with van der Waals surface area (Å²) in [6, 6.07) is 23.4. The molecule has 0 spiro atoms. The number of ether oxygens (including phenoxy) is 1. The molecule has 1 heterocycles. The van der Waals surface area contributed by atoms with Crippen LogP contribution in [0.25, 0.3) is 0 Å². The van der Waals surface area contributed by atoms with Gasteiger partial charge in [-0.2, -0.15) is 5.10 Å². The number of hydrazone groups is 1. The number of nitro groups is 1. The van der Waals surface area contributed by atoms with Gasteiger partial charge in [0.1, 0.15) is 5.75 Å². The molecule has 2 atom stereocenters. The normalized spacial score (nSPS) is 22.6. The van der Waals surface area contributed by atoms with Gasteiger partial charge >= 0.3 is 0 Å². The number of amides is 3. The minimum absolute atomic E-state index is 0.0155. The number of non-ortho nitro benzene ring substituents is 1.